The number of nitrogens with zero attached hydrogens (tertiary/aromatic N) is 1. The Kier molecular flexibility index (Phi) is 6.03. The monoisotopic (exact) mass is 218 g/mol. The summed E-state index contributed by atoms with van der Waals surface area (Å²) in [5.74, 6) is -1.92. The number of carboxylic acids is 1. The molecule has 0 fully saturated rings. The normalized spacial score (nSPS) is 9.47. The molecule has 0 bridgehead atoms. The van der Waals surface area contributed by atoms with Gasteiger partial charge in [0, 0.05) is 14.1 Å². The first-order valence-corrected chi connectivity index (χ1v) is 4.20. The van der Waals surface area contributed by atoms with Crippen molar-refractivity contribution in [2.24, 2.45) is 0 Å². The van der Waals surface area contributed by atoms with Gasteiger partial charge in [0.2, 0.25) is 11.8 Å². The van der Waals surface area contributed by atoms with E-state index in [4.69, 9.17) is 5.11 Å². The minimum atomic E-state index is -1.15. The molecule has 0 aliphatic carbocycles. The number of rotatable bonds is 6. The van der Waals surface area contributed by atoms with Crippen LogP contribution in [0, 0.1) is 0 Å². The topological polar surface area (TPSA) is 95.9 Å². The summed E-state index contributed by atoms with van der Waals surface area (Å²) < 4.78 is 4.51. The lowest BCUT2D eigenvalue weighted by molar-refractivity contribution is -0.144. The summed E-state index contributed by atoms with van der Waals surface area (Å²) in [5.41, 5.74) is 0. The number of amides is 2. The van der Waals surface area contributed by atoms with E-state index in [0.717, 1.165) is 0 Å². The molecule has 2 amide bonds. The molecule has 86 valence electrons. The van der Waals surface area contributed by atoms with Crippen LogP contribution in [0.1, 0.15) is 0 Å². The number of ether oxygens (including phenoxy) is 1. The first kappa shape index (κ1) is 13.4. The van der Waals surface area contributed by atoms with Crippen LogP contribution in [-0.4, -0.2) is 61.6 Å². The minimum Gasteiger partial charge on any atom is -0.480 e. The lowest BCUT2D eigenvalue weighted by atomic mass is 10.5. The average Bonchev–Trinajstić information content (AvgIpc) is 2.13. The third-order valence-corrected chi connectivity index (χ3v) is 1.39. The lowest BCUT2D eigenvalue weighted by Crippen LogP contribution is -2.38. The number of carbonyl (C=O) groups excluding carboxylic acids is 2. The van der Waals surface area contributed by atoms with E-state index in [2.05, 4.69) is 10.1 Å². The van der Waals surface area contributed by atoms with Gasteiger partial charge in [-0.05, 0) is 0 Å². The van der Waals surface area contributed by atoms with Gasteiger partial charge >= 0.3 is 5.97 Å². The Bertz CT molecular complexity index is 251. The molecule has 7 heteroatoms. The highest BCUT2D eigenvalue weighted by Crippen LogP contribution is 1.78. The van der Waals surface area contributed by atoms with Crippen molar-refractivity contribution in [1.29, 1.82) is 0 Å². The van der Waals surface area contributed by atoms with Crippen LogP contribution in [0.15, 0.2) is 0 Å². The maximum Gasteiger partial charge on any atom is 0.329 e. The van der Waals surface area contributed by atoms with Gasteiger partial charge in [0.1, 0.15) is 13.2 Å². The zero-order chi connectivity index (χ0) is 11.8. The summed E-state index contributed by atoms with van der Waals surface area (Å²) in [4.78, 5) is 33.3. The molecule has 0 aromatic carbocycles. The fourth-order valence-corrected chi connectivity index (χ4v) is 0.614. The highest BCUT2D eigenvalue weighted by Gasteiger charge is 2.07. The molecule has 0 atom stereocenters. The second-order valence-corrected chi connectivity index (χ2v) is 2.95. The molecule has 0 aliphatic rings. The Morgan fingerprint density at radius 2 is 1.87 bits per heavy atom. The molecule has 7 nitrogen and oxygen atoms in total. The van der Waals surface area contributed by atoms with Crippen molar-refractivity contribution < 1.29 is 24.2 Å². The van der Waals surface area contributed by atoms with Crippen molar-refractivity contribution in [1.82, 2.24) is 10.2 Å². The predicted octanol–water partition coefficient (Wildman–Crippen LogP) is -1.71. The molecular weight excluding hydrogens is 204 g/mol. The Morgan fingerprint density at radius 1 is 1.27 bits per heavy atom. The summed E-state index contributed by atoms with van der Waals surface area (Å²) >= 11 is 0. The van der Waals surface area contributed by atoms with Crippen molar-refractivity contribution in [3.8, 4) is 0 Å². The van der Waals surface area contributed by atoms with E-state index >= 15 is 0 Å². The van der Waals surface area contributed by atoms with E-state index in [0.29, 0.717) is 0 Å². The zero-order valence-electron chi connectivity index (χ0n) is 8.65. The smallest absolute Gasteiger partial charge is 0.329 e. The zero-order valence-corrected chi connectivity index (χ0v) is 8.65. The quantitative estimate of drug-likeness (QED) is 0.553. The molecule has 0 rings (SSSR count). The van der Waals surface area contributed by atoms with E-state index in [1.54, 1.807) is 14.1 Å². The standard InChI is InChI=1S/C8H14N2O5/c1-10(2)7(12)3-9-6(11)4-15-5-8(13)14/h3-5H2,1-2H3,(H,9,11)(H,13,14). The number of nitrogens with one attached hydrogen (secondary N) is 1. The number of aliphatic carboxylic acids is 1. The lowest BCUT2D eigenvalue weighted by Gasteiger charge is -2.10. The average molecular weight is 218 g/mol. The molecule has 0 aliphatic heterocycles. The third kappa shape index (κ3) is 7.44. The minimum absolute atomic E-state index is 0.123. The maximum absolute atomic E-state index is 11.0. The molecule has 0 radical (unpaired) electrons. The summed E-state index contributed by atoms with van der Waals surface area (Å²) in [6, 6.07) is 0. The number of carbonyl (C=O) groups is 3. The van der Waals surface area contributed by atoms with E-state index in [9.17, 15) is 14.4 Å². The summed E-state index contributed by atoms with van der Waals surface area (Å²) in [5, 5.41) is 10.5. The van der Waals surface area contributed by atoms with Gasteiger partial charge in [0.25, 0.3) is 0 Å². The van der Waals surface area contributed by atoms with Crippen molar-refractivity contribution >= 4 is 17.8 Å². The molecular formula is C8H14N2O5. The van der Waals surface area contributed by atoms with Gasteiger partial charge < -0.3 is 20.1 Å². The molecule has 0 spiro atoms. The number of hydrogen-bond acceptors (Lipinski definition) is 4. The molecule has 0 aromatic heterocycles. The van der Waals surface area contributed by atoms with E-state index in [1.165, 1.54) is 4.90 Å². The second-order valence-electron chi connectivity index (χ2n) is 2.95. The molecule has 2 N–H and O–H groups in total. The van der Waals surface area contributed by atoms with Crippen LogP contribution in [0.2, 0.25) is 0 Å². The van der Waals surface area contributed by atoms with Crippen molar-refractivity contribution in [2.45, 2.75) is 0 Å². The maximum atomic E-state index is 11.0. The predicted molar refractivity (Wildman–Crippen MR) is 50.2 cm³/mol. The van der Waals surface area contributed by atoms with Crippen LogP contribution >= 0.6 is 0 Å². The van der Waals surface area contributed by atoms with E-state index in [1.807, 2.05) is 0 Å². The Hall–Kier alpha value is -1.63. The van der Waals surface area contributed by atoms with Gasteiger partial charge in [-0.3, -0.25) is 9.59 Å². The van der Waals surface area contributed by atoms with Gasteiger partial charge in [-0.15, -0.1) is 0 Å². The van der Waals surface area contributed by atoms with Crippen LogP contribution < -0.4 is 5.32 Å². The molecule has 0 heterocycles. The van der Waals surface area contributed by atoms with Crippen molar-refractivity contribution in [3.05, 3.63) is 0 Å². The van der Waals surface area contributed by atoms with Crippen LogP contribution in [0.25, 0.3) is 0 Å². The summed E-state index contributed by atoms with van der Waals surface area (Å²) in [6.07, 6.45) is 0. The van der Waals surface area contributed by atoms with Crippen LogP contribution in [0.3, 0.4) is 0 Å². The van der Waals surface area contributed by atoms with Crippen molar-refractivity contribution in [2.75, 3.05) is 33.9 Å². The van der Waals surface area contributed by atoms with Crippen molar-refractivity contribution in [3.63, 3.8) is 0 Å². The van der Waals surface area contributed by atoms with Crippen LogP contribution in [-0.2, 0) is 19.1 Å². The summed E-state index contributed by atoms with van der Waals surface area (Å²) in [6.45, 7) is -1.02. The van der Waals surface area contributed by atoms with Crippen LogP contribution in [0.4, 0.5) is 0 Å². The number of likely N-dealkylation sites (N-methyl/N-ethyl adjacent to an activating group) is 1. The fraction of sp³-hybridized carbons (Fsp3) is 0.625. The second kappa shape index (κ2) is 6.77. The number of carboxylic acid groups (broad SMARTS) is 1. The largest absolute Gasteiger partial charge is 0.480 e. The van der Waals surface area contributed by atoms with E-state index in [-0.39, 0.29) is 19.1 Å². The summed E-state index contributed by atoms with van der Waals surface area (Å²) in [7, 11) is 3.13. The van der Waals surface area contributed by atoms with Gasteiger partial charge in [-0.2, -0.15) is 0 Å². The van der Waals surface area contributed by atoms with Gasteiger partial charge in [-0.25, -0.2) is 4.79 Å². The number of hydrogen-bond donors (Lipinski definition) is 2. The van der Waals surface area contributed by atoms with Crippen LogP contribution in [0.5, 0.6) is 0 Å². The first-order chi connectivity index (χ1) is 6.93. The SMILES string of the molecule is CN(C)C(=O)CNC(=O)COCC(=O)O. The highest BCUT2D eigenvalue weighted by molar-refractivity contribution is 5.85. The highest BCUT2D eigenvalue weighted by atomic mass is 16.5. The van der Waals surface area contributed by atoms with Gasteiger partial charge in [0.05, 0.1) is 6.54 Å². The molecule has 0 saturated heterocycles. The Labute approximate surface area is 87.0 Å². The first-order valence-electron chi connectivity index (χ1n) is 4.20. The van der Waals surface area contributed by atoms with Gasteiger partial charge in [-0.1, -0.05) is 0 Å². The molecule has 0 saturated carbocycles. The van der Waals surface area contributed by atoms with Gasteiger partial charge in [0.15, 0.2) is 0 Å². The van der Waals surface area contributed by atoms with E-state index < -0.39 is 18.5 Å². The fourth-order valence-electron chi connectivity index (χ4n) is 0.614. The molecule has 0 unspecified atom stereocenters. The third-order valence-electron chi connectivity index (χ3n) is 1.39. The Balaban J connectivity index is 3.58. The Morgan fingerprint density at radius 3 is 2.33 bits per heavy atom. The molecule has 0 aromatic rings. The molecule has 15 heavy (non-hydrogen) atoms.